The standard InChI is InChI=1S/C36H64N2O10/c1-27(44-5)25-45-34(41)37-30-18-14-28(15-19-30)24-29-16-20-31(21-17-29)38-35(42)48-36(2,3)22-10-6-8-12-32(39)46-26-47-33(40)13-9-7-11-23-43-4/h27-31H,6-26H2,1-5H3,(H,37,41)(H,38,42). The first-order chi connectivity index (χ1) is 23.0. The van der Waals surface area contributed by atoms with Gasteiger partial charge >= 0.3 is 24.1 Å². The summed E-state index contributed by atoms with van der Waals surface area (Å²) >= 11 is 0. The van der Waals surface area contributed by atoms with Crippen molar-refractivity contribution in [2.45, 2.75) is 160 Å². The van der Waals surface area contributed by atoms with Gasteiger partial charge in [0.2, 0.25) is 6.79 Å². The van der Waals surface area contributed by atoms with E-state index < -0.39 is 5.60 Å². The molecule has 0 aromatic carbocycles. The zero-order chi connectivity index (χ0) is 35.2. The Labute approximate surface area is 288 Å². The Bertz CT molecular complexity index is 930. The normalized spacial score (nSPS) is 21.9. The van der Waals surface area contributed by atoms with Gasteiger partial charge in [-0.3, -0.25) is 9.59 Å². The molecule has 2 aliphatic carbocycles. The van der Waals surface area contributed by atoms with E-state index in [-0.39, 0.29) is 62.1 Å². The molecule has 0 aliphatic heterocycles. The van der Waals surface area contributed by atoms with Crippen LogP contribution in [0.2, 0.25) is 0 Å². The van der Waals surface area contributed by atoms with E-state index in [4.69, 9.17) is 28.4 Å². The molecule has 2 saturated carbocycles. The molecule has 0 spiro atoms. The third-order valence-electron chi connectivity index (χ3n) is 9.55. The predicted octanol–water partition coefficient (Wildman–Crippen LogP) is 6.96. The van der Waals surface area contributed by atoms with Gasteiger partial charge in [-0.15, -0.1) is 0 Å². The van der Waals surface area contributed by atoms with Gasteiger partial charge in [0.05, 0.1) is 6.10 Å². The molecule has 0 heterocycles. The average Bonchev–Trinajstić information content (AvgIpc) is 3.04. The number of alkyl carbamates (subject to hydrolysis) is 2. The van der Waals surface area contributed by atoms with Crippen molar-refractivity contribution in [3.05, 3.63) is 0 Å². The highest BCUT2D eigenvalue weighted by Crippen LogP contribution is 2.35. The molecular formula is C36H64N2O10. The third kappa shape index (κ3) is 19.4. The van der Waals surface area contributed by atoms with Gasteiger partial charge in [0, 0.05) is 45.8 Å². The van der Waals surface area contributed by atoms with Gasteiger partial charge in [-0.2, -0.15) is 0 Å². The van der Waals surface area contributed by atoms with Gasteiger partial charge < -0.3 is 39.1 Å². The van der Waals surface area contributed by atoms with Crippen molar-refractivity contribution in [1.82, 2.24) is 10.6 Å². The highest BCUT2D eigenvalue weighted by atomic mass is 16.7. The van der Waals surface area contributed by atoms with Crippen LogP contribution in [0.15, 0.2) is 0 Å². The highest BCUT2D eigenvalue weighted by Gasteiger charge is 2.30. The Morgan fingerprint density at radius 3 is 1.73 bits per heavy atom. The van der Waals surface area contributed by atoms with Gasteiger partial charge in [-0.05, 0) is 122 Å². The second-order valence-corrected chi connectivity index (χ2v) is 14.3. The maximum atomic E-state index is 12.7. The molecule has 2 N–H and O–H groups in total. The van der Waals surface area contributed by atoms with E-state index in [0.717, 1.165) is 83.5 Å². The van der Waals surface area contributed by atoms with Crippen molar-refractivity contribution in [3.63, 3.8) is 0 Å². The minimum atomic E-state index is -0.605. The minimum Gasteiger partial charge on any atom is -0.447 e. The topological polar surface area (TPSA) is 148 Å². The number of methoxy groups -OCH3 is 2. The Kier molecular flexibility index (Phi) is 20.5. The van der Waals surface area contributed by atoms with Crippen molar-refractivity contribution >= 4 is 24.1 Å². The monoisotopic (exact) mass is 684 g/mol. The lowest BCUT2D eigenvalue weighted by atomic mass is 9.76. The zero-order valence-corrected chi connectivity index (χ0v) is 30.3. The molecule has 0 aromatic rings. The molecule has 2 amide bonds. The predicted molar refractivity (Wildman–Crippen MR) is 181 cm³/mol. The Hall–Kier alpha value is -2.60. The molecule has 0 radical (unpaired) electrons. The summed E-state index contributed by atoms with van der Waals surface area (Å²) in [7, 11) is 3.25. The lowest BCUT2D eigenvalue weighted by Gasteiger charge is -2.34. The Morgan fingerprint density at radius 1 is 0.688 bits per heavy atom. The third-order valence-corrected chi connectivity index (χ3v) is 9.55. The highest BCUT2D eigenvalue weighted by molar-refractivity contribution is 5.71. The van der Waals surface area contributed by atoms with E-state index in [0.29, 0.717) is 37.7 Å². The fourth-order valence-corrected chi connectivity index (χ4v) is 6.52. The summed E-state index contributed by atoms with van der Waals surface area (Å²) in [4.78, 5) is 48.3. The molecule has 0 bridgehead atoms. The summed E-state index contributed by atoms with van der Waals surface area (Å²) in [5.74, 6) is 0.614. The number of unbranched alkanes of at least 4 members (excludes halogenated alkanes) is 4. The lowest BCUT2D eigenvalue weighted by molar-refractivity contribution is -0.167. The van der Waals surface area contributed by atoms with E-state index in [1.165, 1.54) is 6.42 Å². The van der Waals surface area contributed by atoms with Crippen LogP contribution in [0.4, 0.5) is 9.59 Å². The summed E-state index contributed by atoms with van der Waals surface area (Å²) in [6.45, 7) is 6.29. The first-order valence-corrected chi connectivity index (χ1v) is 18.3. The van der Waals surface area contributed by atoms with Crippen LogP contribution in [0, 0.1) is 11.8 Å². The van der Waals surface area contributed by atoms with Gasteiger partial charge in [-0.1, -0.05) is 12.8 Å². The second kappa shape index (κ2) is 23.7. The van der Waals surface area contributed by atoms with Gasteiger partial charge in [-0.25, -0.2) is 9.59 Å². The van der Waals surface area contributed by atoms with Crippen molar-refractivity contribution in [2.24, 2.45) is 11.8 Å². The van der Waals surface area contributed by atoms with Crippen LogP contribution in [0.5, 0.6) is 0 Å². The molecule has 0 aromatic heterocycles. The van der Waals surface area contributed by atoms with Crippen LogP contribution >= 0.6 is 0 Å². The first kappa shape index (κ1) is 41.6. The largest absolute Gasteiger partial charge is 0.447 e. The Balaban J connectivity index is 1.49. The minimum absolute atomic E-state index is 0.109. The van der Waals surface area contributed by atoms with Crippen LogP contribution in [-0.4, -0.2) is 82.1 Å². The molecule has 2 aliphatic rings. The molecular weight excluding hydrogens is 620 g/mol. The van der Waals surface area contributed by atoms with Gasteiger partial charge in [0.15, 0.2) is 0 Å². The fraction of sp³-hybridized carbons (Fsp3) is 0.889. The lowest BCUT2D eigenvalue weighted by Crippen LogP contribution is -2.42. The van der Waals surface area contributed by atoms with E-state index >= 15 is 0 Å². The smallest absolute Gasteiger partial charge is 0.407 e. The number of nitrogens with one attached hydrogen (secondary N) is 2. The van der Waals surface area contributed by atoms with E-state index in [2.05, 4.69) is 10.6 Å². The molecule has 2 fully saturated rings. The maximum absolute atomic E-state index is 12.7. The number of carbonyl (C=O) groups excluding carboxylic acids is 4. The van der Waals surface area contributed by atoms with Crippen LogP contribution in [-0.2, 0) is 38.0 Å². The van der Waals surface area contributed by atoms with Crippen molar-refractivity contribution in [3.8, 4) is 0 Å². The van der Waals surface area contributed by atoms with Gasteiger partial charge in [0.25, 0.3) is 0 Å². The second-order valence-electron chi connectivity index (χ2n) is 14.3. The van der Waals surface area contributed by atoms with Crippen LogP contribution in [0.1, 0.15) is 136 Å². The van der Waals surface area contributed by atoms with Crippen molar-refractivity contribution in [2.75, 3.05) is 34.2 Å². The van der Waals surface area contributed by atoms with Crippen LogP contribution in [0.3, 0.4) is 0 Å². The Morgan fingerprint density at radius 2 is 1.21 bits per heavy atom. The SMILES string of the molecule is COCCCCCC(=O)OCOC(=O)CCCCCC(C)(C)OC(=O)NC1CCC(CC2CCC(NC(=O)OCC(C)OC)CC2)CC1. The van der Waals surface area contributed by atoms with Crippen LogP contribution in [0.25, 0.3) is 0 Å². The molecule has 12 heteroatoms. The molecule has 2 rings (SSSR count). The first-order valence-electron chi connectivity index (χ1n) is 18.3. The quantitative estimate of drug-likeness (QED) is 0.0531. The molecule has 12 nitrogen and oxygen atoms in total. The molecule has 1 atom stereocenters. The number of amides is 2. The average molecular weight is 685 g/mol. The van der Waals surface area contributed by atoms with E-state index in [9.17, 15) is 19.2 Å². The molecule has 278 valence electrons. The number of esters is 2. The number of hydrogen-bond donors (Lipinski definition) is 2. The van der Waals surface area contributed by atoms with E-state index in [1.807, 2.05) is 20.8 Å². The van der Waals surface area contributed by atoms with Crippen molar-refractivity contribution in [1.29, 1.82) is 0 Å². The van der Waals surface area contributed by atoms with Crippen molar-refractivity contribution < 1.29 is 47.6 Å². The van der Waals surface area contributed by atoms with E-state index in [1.54, 1.807) is 14.2 Å². The molecule has 48 heavy (non-hydrogen) atoms. The number of rotatable bonds is 22. The maximum Gasteiger partial charge on any atom is 0.407 e. The summed E-state index contributed by atoms with van der Waals surface area (Å²) in [6.07, 6.45) is 14.8. The summed E-state index contributed by atoms with van der Waals surface area (Å²) in [5, 5.41) is 6.08. The summed E-state index contributed by atoms with van der Waals surface area (Å²) < 4.78 is 31.1. The molecule has 1 unspecified atom stereocenters. The summed E-state index contributed by atoms with van der Waals surface area (Å²) in [6, 6.07) is 0.323. The number of ether oxygens (including phenoxy) is 6. The number of hydrogen-bond acceptors (Lipinski definition) is 10. The summed E-state index contributed by atoms with van der Waals surface area (Å²) in [5.41, 5.74) is -0.605. The van der Waals surface area contributed by atoms with Gasteiger partial charge in [0.1, 0.15) is 12.2 Å². The zero-order valence-electron chi connectivity index (χ0n) is 30.3. The van der Waals surface area contributed by atoms with Crippen LogP contribution < -0.4 is 10.6 Å². The fourth-order valence-electron chi connectivity index (χ4n) is 6.52. The molecule has 0 saturated heterocycles. The number of carbonyl (C=O) groups is 4.